The zero-order valence-corrected chi connectivity index (χ0v) is 20.6. The molecular formula is C25H23BN8O3. The number of hydrogen-bond donors (Lipinski definition) is 1. The van der Waals surface area contributed by atoms with Gasteiger partial charge in [-0.2, -0.15) is 5.10 Å². The number of ether oxygens (including phenoxy) is 1. The molecule has 6 rings (SSSR count). The predicted octanol–water partition coefficient (Wildman–Crippen LogP) is 0.808. The van der Waals surface area contributed by atoms with Crippen molar-refractivity contribution in [1.29, 1.82) is 0 Å². The number of nitrogens with one attached hydrogen (secondary N) is 1. The summed E-state index contributed by atoms with van der Waals surface area (Å²) in [5, 5.41) is 4.79. The molecule has 0 spiro atoms. The number of aryl methyl sites for hydroxylation is 1. The van der Waals surface area contributed by atoms with Gasteiger partial charge in [0, 0.05) is 24.9 Å². The smallest absolute Gasteiger partial charge is 0.295 e. The van der Waals surface area contributed by atoms with E-state index in [1.807, 2.05) is 38.2 Å². The molecule has 1 aliphatic heterocycles. The fraction of sp³-hybridized carbons (Fsp3) is 0.200. The number of benzene rings is 1. The van der Waals surface area contributed by atoms with Crippen molar-refractivity contribution < 1.29 is 14.3 Å². The quantitative estimate of drug-likeness (QED) is 0.218. The number of aromatic nitrogens is 7. The van der Waals surface area contributed by atoms with Crippen molar-refractivity contribution in [1.82, 2.24) is 39.2 Å². The van der Waals surface area contributed by atoms with E-state index >= 15 is 0 Å². The Hall–Kier alpha value is -4.74. The summed E-state index contributed by atoms with van der Waals surface area (Å²) in [6, 6.07) is 10.1. The van der Waals surface area contributed by atoms with Gasteiger partial charge >= 0.3 is 0 Å². The number of carbonyl (C=O) groups is 2. The number of methoxy groups -OCH3 is 1. The van der Waals surface area contributed by atoms with E-state index in [1.54, 1.807) is 18.2 Å². The van der Waals surface area contributed by atoms with Crippen LogP contribution < -0.4 is 10.3 Å². The molecule has 0 atom stereocenters. The Labute approximate surface area is 212 Å². The lowest BCUT2D eigenvalue weighted by atomic mass is 9.98. The second kappa shape index (κ2) is 8.73. The highest BCUT2D eigenvalue weighted by Gasteiger charge is 2.32. The van der Waals surface area contributed by atoms with Crippen molar-refractivity contribution in [2.75, 3.05) is 13.7 Å². The SMILES string of the molecule is Bc1nc2n(c1-c1ccccc1)CCN(C(=O)C(=O)c1c[nH]c3c(-n4cnc(C)n4)ncc(OC)c13)C2. The first-order valence-corrected chi connectivity index (χ1v) is 11.8. The van der Waals surface area contributed by atoms with Crippen LogP contribution in [0.5, 0.6) is 5.75 Å². The number of H-pyrrole nitrogens is 1. The molecule has 1 aliphatic rings. The van der Waals surface area contributed by atoms with Crippen molar-refractivity contribution in [3.05, 3.63) is 66.3 Å². The zero-order valence-electron chi connectivity index (χ0n) is 20.6. The largest absolute Gasteiger partial charge is 0.494 e. The predicted molar refractivity (Wildman–Crippen MR) is 138 cm³/mol. The lowest BCUT2D eigenvalue weighted by Crippen LogP contribution is -2.42. The minimum absolute atomic E-state index is 0.215. The highest BCUT2D eigenvalue weighted by atomic mass is 16.5. The van der Waals surface area contributed by atoms with Gasteiger partial charge in [0.05, 0.1) is 42.0 Å². The Morgan fingerprint density at radius 3 is 2.68 bits per heavy atom. The maximum atomic E-state index is 13.5. The van der Waals surface area contributed by atoms with Gasteiger partial charge in [-0.05, 0) is 12.5 Å². The second-order valence-corrected chi connectivity index (χ2v) is 8.87. The molecule has 0 fully saturated rings. The van der Waals surface area contributed by atoms with Gasteiger partial charge in [-0.1, -0.05) is 30.3 Å². The molecule has 0 bridgehead atoms. The average Bonchev–Trinajstić information content (AvgIpc) is 3.63. The van der Waals surface area contributed by atoms with Gasteiger partial charge in [-0.3, -0.25) is 9.59 Å². The summed E-state index contributed by atoms with van der Waals surface area (Å²) in [5.74, 6) is 0.950. The molecule has 5 heterocycles. The number of imidazole rings is 1. The van der Waals surface area contributed by atoms with Crippen LogP contribution in [0.4, 0.5) is 0 Å². The number of aromatic amines is 1. The molecule has 1 aromatic carbocycles. The molecule has 1 N–H and O–H groups in total. The first-order chi connectivity index (χ1) is 18.0. The molecule has 184 valence electrons. The lowest BCUT2D eigenvalue weighted by Gasteiger charge is -2.28. The third-order valence-electron chi connectivity index (χ3n) is 6.62. The van der Waals surface area contributed by atoms with Gasteiger partial charge in [0.2, 0.25) is 0 Å². The standard InChI is InChI=1S/C25H23BN8O3/c1-14-29-13-34(31-14)24-20-19(17(37-2)11-28-24)16(10-27-20)22(35)25(36)32-8-9-33-18(12-32)30-23(26)21(33)15-6-4-3-5-7-15/h3-7,10-11,13,27H,8-9,12,26H2,1-2H3. The topological polar surface area (TPSA) is 124 Å². The van der Waals surface area contributed by atoms with E-state index in [2.05, 4.69) is 24.6 Å². The van der Waals surface area contributed by atoms with Crippen molar-refractivity contribution in [3.63, 3.8) is 0 Å². The Morgan fingerprint density at radius 1 is 1.14 bits per heavy atom. The van der Waals surface area contributed by atoms with Crippen LogP contribution in [0.2, 0.25) is 0 Å². The van der Waals surface area contributed by atoms with Crippen molar-refractivity contribution in [3.8, 4) is 22.8 Å². The third-order valence-corrected chi connectivity index (χ3v) is 6.62. The highest BCUT2D eigenvalue weighted by molar-refractivity contribution is 6.45. The van der Waals surface area contributed by atoms with Crippen LogP contribution >= 0.6 is 0 Å². The molecule has 37 heavy (non-hydrogen) atoms. The van der Waals surface area contributed by atoms with Gasteiger partial charge in [0.15, 0.2) is 13.7 Å². The fourth-order valence-corrected chi connectivity index (χ4v) is 4.92. The van der Waals surface area contributed by atoms with Crippen molar-refractivity contribution in [2.24, 2.45) is 0 Å². The van der Waals surface area contributed by atoms with E-state index < -0.39 is 11.7 Å². The number of ketones is 1. The normalized spacial score (nSPS) is 13.1. The number of Topliss-reactive ketones (excluding diaryl/α,β-unsaturated/α-hetero) is 1. The number of hydrogen-bond acceptors (Lipinski definition) is 7. The van der Waals surface area contributed by atoms with E-state index in [0.717, 1.165) is 22.7 Å². The molecule has 11 nitrogen and oxygen atoms in total. The van der Waals surface area contributed by atoms with Crippen LogP contribution in [0.3, 0.4) is 0 Å². The molecular weight excluding hydrogens is 471 g/mol. The molecule has 12 heteroatoms. The molecule has 0 saturated heterocycles. The number of fused-ring (bicyclic) bond motifs is 2. The number of amides is 1. The van der Waals surface area contributed by atoms with Crippen molar-refractivity contribution in [2.45, 2.75) is 20.0 Å². The number of rotatable bonds is 5. The Kier molecular flexibility index (Phi) is 5.36. The third kappa shape index (κ3) is 3.68. The summed E-state index contributed by atoms with van der Waals surface area (Å²) in [6.07, 6.45) is 4.57. The summed E-state index contributed by atoms with van der Waals surface area (Å²) in [4.78, 5) is 44.8. The minimum Gasteiger partial charge on any atom is -0.494 e. The Morgan fingerprint density at radius 2 is 1.95 bits per heavy atom. The molecule has 1 amide bonds. The monoisotopic (exact) mass is 494 g/mol. The van der Waals surface area contributed by atoms with Gasteiger partial charge < -0.3 is 19.2 Å². The molecule has 0 aliphatic carbocycles. The molecule has 4 aromatic heterocycles. The summed E-state index contributed by atoms with van der Waals surface area (Å²) in [7, 11) is 3.46. The number of pyridine rings is 1. The zero-order chi connectivity index (χ0) is 25.7. The lowest BCUT2D eigenvalue weighted by molar-refractivity contribution is -0.127. The van der Waals surface area contributed by atoms with Crippen LogP contribution in [0.1, 0.15) is 22.0 Å². The van der Waals surface area contributed by atoms with E-state index in [4.69, 9.17) is 9.72 Å². The van der Waals surface area contributed by atoms with Crippen molar-refractivity contribution >= 4 is 36.0 Å². The highest BCUT2D eigenvalue weighted by Crippen LogP contribution is 2.32. The summed E-state index contributed by atoms with van der Waals surface area (Å²) in [5.41, 5.74) is 3.75. The van der Waals surface area contributed by atoms with Crippen LogP contribution in [-0.4, -0.2) is 72.4 Å². The van der Waals surface area contributed by atoms with E-state index in [-0.39, 0.29) is 12.1 Å². The minimum atomic E-state index is -0.628. The van der Waals surface area contributed by atoms with Gasteiger partial charge in [0.25, 0.3) is 11.7 Å². The van der Waals surface area contributed by atoms with E-state index in [0.29, 0.717) is 41.4 Å². The summed E-state index contributed by atoms with van der Waals surface area (Å²) >= 11 is 0. The Bertz CT molecular complexity index is 1670. The maximum absolute atomic E-state index is 13.5. The van der Waals surface area contributed by atoms with Crippen LogP contribution in [0.25, 0.3) is 28.0 Å². The molecule has 0 radical (unpaired) electrons. The van der Waals surface area contributed by atoms with Crippen LogP contribution in [0.15, 0.2) is 49.1 Å². The fourth-order valence-electron chi connectivity index (χ4n) is 4.92. The van der Waals surface area contributed by atoms with Gasteiger partial charge in [-0.15, -0.1) is 0 Å². The molecule has 0 unspecified atom stereocenters. The first kappa shape index (κ1) is 22.7. The molecule has 5 aromatic rings. The second-order valence-electron chi connectivity index (χ2n) is 8.87. The van der Waals surface area contributed by atoms with Crippen LogP contribution in [-0.2, 0) is 17.9 Å². The van der Waals surface area contributed by atoms with E-state index in [1.165, 1.54) is 24.2 Å². The van der Waals surface area contributed by atoms with E-state index in [9.17, 15) is 9.59 Å². The Balaban J connectivity index is 1.32. The summed E-state index contributed by atoms with van der Waals surface area (Å²) in [6.45, 7) is 2.98. The van der Waals surface area contributed by atoms with Gasteiger partial charge in [-0.25, -0.2) is 19.6 Å². The number of nitrogens with zero attached hydrogens (tertiary/aromatic N) is 7. The van der Waals surface area contributed by atoms with Crippen LogP contribution in [0, 0.1) is 6.92 Å². The number of carbonyl (C=O) groups excluding carboxylic acids is 2. The maximum Gasteiger partial charge on any atom is 0.295 e. The average molecular weight is 494 g/mol. The van der Waals surface area contributed by atoms with Gasteiger partial charge in [0.1, 0.15) is 23.7 Å². The first-order valence-electron chi connectivity index (χ1n) is 11.8. The molecule has 0 saturated carbocycles. The summed E-state index contributed by atoms with van der Waals surface area (Å²) < 4.78 is 9.13.